The van der Waals surface area contributed by atoms with Gasteiger partial charge in [0.15, 0.2) is 6.61 Å². The van der Waals surface area contributed by atoms with E-state index in [0.717, 1.165) is 16.9 Å². The van der Waals surface area contributed by atoms with E-state index in [1.807, 2.05) is 85.8 Å². The fourth-order valence-electron chi connectivity index (χ4n) is 2.64. The molecule has 0 aromatic heterocycles. The van der Waals surface area contributed by atoms with E-state index in [0.29, 0.717) is 18.9 Å². The van der Waals surface area contributed by atoms with Crippen LogP contribution in [-0.2, 0) is 4.79 Å². The number of para-hydroxylation sites is 1. The standard InChI is InChI=1S/C23H23NO3/c1-18-11-13-20(14-12-18)26-16-15-24-23(25)17-27-22-10-6-5-9-21(22)19-7-3-2-4-8-19/h2-14H,15-17H2,1H3,(H,24,25). The molecule has 0 saturated heterocycles. The Morgan fingerprint density at radius 2 is 1.56 bits per heavy atom. The number of hydrogen-bond acceptors (Lipinski definition) is 3. The number of benzene rings is 3. The van der Waals surface area contributed by atoms with E-state index < -0.39 is 0 Å². The lowest BCUT2D eigenvalue weighted by Gasteiger charge is -2.12. The minimum absolute atomic E-state index is 0.0334. The van der Waals surface area contributed by atoms with Gasteiger partial charge < -0.3 is 14.8 Å². The highest BCUT2D eigenvalue weighted by Gasteiger charge is 2.08. The smallest absolute Gasteiger partial charge is 0.258 e. The molecule has 0 heterocycles. The van der Waals surface area contributed by atoms with Gasteiger partial charge in [0.05, 0.1) is 6.54 Å². The van der Waals surface area contributed by atoms with Crippen molar-refractivity contribution < 1.29 is 14.3 Å². The van der Waals surface area contributed by atoms with Gasteiger partial charge in [0.25, 0.3) is 5.91 Å². The number of rotatable bonds is 8. The highest BCUT2D eigenvalue weighted by atomic mass is 16.5. The van der Waals surface area contributed by atoms with Gasteiger partial charge in [-0.05, 0) is 30.7 Å². The minimum atomic E-state index is -0.176. The molecule has 138 valence electrons. The Hall–Kier alpha value is -3.27. The number of aryl methyl sites for hydroxylation is 1. The molecule has 0 spiro atoms. The van der Waals surface area contributed by atoms with Crippen LogP contribution in [0, 0.1) is 6.92 Å². The molecule has 1 amide bonds. The van der Waals surface area contributed by atoms with Crippen LogP contribution < -0.4 is 14.8 Å². The molecule has 0 saturated carbocycles. The number of carbonyl (C=O) groups excluding carboxylic acids is 1. The molecule has 0 aliphatic rings. The zero-order valence-corrected chi connectivity index (χ0v) is 15.4. The predicted octanol–water partition coefficient (Wildman–Crippen LogP) is 4.24. The van der Waals surface area contributed by atoms with E-state index in [2.05, 4.69) is 5.32 Å². The molecule has 4 heteroatoms. The Morgan fingerprint density at radius 1 is 0.852 bits per heavy atom. The monoisotopic (exact) mass is 361 g/mol. The maximum Gasteiger partial charge on any atom is 0.258 e. The second kappa shape index (κ2) is 9.43. The number of ether oxygens (including phenoxy) is 2. The van der Waals surface area contributed by atoms with Crippen molar-refractivity contribution in [3.63, 3.8) is 0 Å². The van der Waals surface area contributed by atoms with Crippen LogP contribution in [0.15, 0.2) is 78.9 Å². The number of hydrogen-bond donors (Lipinski definition) is 1. The molecule has 3 rings (SSSR count). The lowest BCUT2D eigenvalue weighted by atomic mass is 10.1. The summed E-state index contributed by atoms with van der Waals surface area (Å²) in [7, 11) is 0. The van der Waals surface area contributed by atoms with Crippen molar-refractivity contribution in [3.05, 3.63) is 84.4 Å². The van der Waals surface area contributed by atoms with Gasteiger partial charge in [0.2, 0.25) is 0 Å². The normalized spacial score (nSPS) is 10.3. The molecule has 0 fully saturated rings. The average Bonchev–Trinajstić information content (AvgIpc) is 2.72. The molecule has 3 aromatic rings. The average molecular weight is 361 g/mol. The fourth-order valence-corrected chi connectivity index (χ4v) is 2.64. The van der Waals surface area contributed by atoms with Crippen molar-refractivity contribution in [2.75, 3.05) is 19.8 Å². The van der Waals surface area contributed by atoms with E-state index >= 15 is 0 Å². The molecular weight excluding hydrogens is 338 g/mol. The van der Waals surface area contributed by atoms with Crippen molar-refractivity contribution in [2.45, 2.75) is 6.92 Å². The Bertz CT molecular complexity index is 860. The van der Waals surface area contributed by atoms with E-state index in [9.17, 15) is 4.79 Å². The first-order valence-electron chi connectivity index (χ1n) is 8.96. The zero-order chi connectivity index (χ0) is 18.9. The maximum absolute atomic E-state index is 12.0. The van der Waals surface area contributed by atoms with Crippen LogP contribution in [0.25, 0.3) is 11.1 Å². The first-order chi connectivity index (χ1) is 13.2. The van der Waals surface area contributed by atoms with Gasteiger partial charge in [0, 0.05) is 5.56 Å². The lowest BCUT2D eigenvalue weighted by Crippen LogP contribution is -2.32. The van der Waals surface area contributed by atoms with E-state index in [-0.39, 0.29) is 12.5 Å². The van der Waals surface area contributed by atoms with Crippen LogP contribution in [0.4, 0.5) is 0 Å². The SMILES string of the molecule is Cc1ccc(OCCNC(=O)COc2ccccc2-c2ccccc2)cc1. The first kappa shape index (κ1) is 18.5. The Kier molecular flexibility index (Phi) is 6.47. The quantitative estimate of drug-likeness (QED) is 0.611. The first-order valence-corrected chi connectivity index (χ1v) is 8.96. The third-order valence-electron chi connectivity index (χ3n) is 4.04. The summed E-state index contributed by atoms with van der Waals surface area (Å²) >= 11 is 0. The van der Waals surface area contributed by atoms with E-state index in [4.69, 9.17) is 9.47 Å². The third-order valence-corrected chi connectivity index (χ3v) is 4.04. The Labute approximate surface area is 159 Å². The van der Waals surface area contributed by atoms with Crippen LogP contribution >= 0.6 is 0 Å². The third kappa shape index (κ3) is 5.61. The summed E-state index contributed by atoms with van der Waals surface area (Å²) in [6.45, 7) is 2.83. The van der Waals surface area contributed by atoms with Gasteiger partial charge in [-0.15, -0.1) is 0 Å². The summed E-state index contributed by atoms with van der Waals surface area (Å²) in [5.74, 6) is 1.31. The molecule has 0 aliphatic heterocycles. The molecule has 0 atom stereocenters. The van der Waals surface area contributed by atoms with E-state index in [1.54, 1.807) is 0 Å². The van der Waals surface area contributed by atoms with Crippen LogP contribution in [0.1, 0.15) is 5.56 Å². The molecule has 0 aliphatic carbocycles. The van der Waals surface area contributed by atoms with Crippen molar-refractivity contribution in [1.82, 2.24) is 5.32 Å². The van der Waals surface area contributed by atoms with Gasteiger partial charge >= 0.3 is 0 Å². The number of amides is 1. The topological polar surface area (TPSA) is 47.6 Å². The minimum Gasteiger partial charge on any atom is -0.492 e. The Balaban J connectivity index is 1.45. The molecule has 1 N–H and O–H groups in total. The van der Waals surface area contributed by atoms with Crippen molar-refractivity contribution in [2.24, 2.45) is 0 Å². The number of carbonyl (C=O) groups is 1. The molecule has 27 heavy (non-hydrogen) atoms. The summed E-state index contributed by atoms with van der Waals surface area (Å²) < 4.78 is 11.3. The molecule has 0 radical (unpaired) electrons. The number of nitrogens with one attached hydrogen (secondary N) is 1. The second-order valence-electron chi connectivity index (χ2n) is 6.16. The van der Waals surface area contributed by atoms with Gasteiger partial charge in [0.1, 0.15) is 18.1 Å². The van der Waals surface area contributed by atoms with Crippen LogP contribution in [0.5, 0.6) is 11.5 Å². The molecule has 0 bridgehead atoms. The van der Waals surface area contributed by atoms with Gasteiger partial charge in [-0.25, -0.2) is 0 Å². The molecular formula is C23H23NO3. The fraction of sp³-hybridized carbons (Fsp3) is 0.174. The summed E-state index contributed by atoms with van der Waals surface area (Å²) in [5.41, 5.74) is 3.21. The largest absolute Gasteiger partial charge is 0.492 e. The lowest BCUT2D eigenvalue weighted by molar-refractivity contribution is -0.123. The summed E-state index contributed by atoms with van der Waals surface area (Å²) in [5, 5.41) is 2.80. The van der Waals surface area contributed by atoms with Crippen molar-refractivity contribution in [1.29, 1.82) is 0 Å². The maximum atomic E-state index is 12.0. The summed E-state index contributed by atoms with van der Waals surface area (Å²) in [4.78, 5) is 12.0. The molecule has 3 aromatic carbocycles. The summed E-state index contributed by atoms with van der Waals surface area (Å²) in [6, 6.07) is 25.5. The van der Waals surface area contributed by atoms with Crippen molar-refractivity contribution >= 4 is 5.91 Å². The Morgan fingerprint density at radius 3 is 2.33 bits per heavy atom. The van der Waals surface area contributed by atoms with Crippen molar-refractivity contribution in [3.8, 4) is 22.6 Å². The van der Waals surface area contributed by atoms with Gasteiger partial charge in [-0.1, -0.05) is 66.2 Å². The van der Waals surface area contributed by atoms with Gasteiger partial charge in [-0.3, -0.25) is 4.79 Å². The summed E-state index contributed by atoms with van der Waals surface area (Å²) in [6.07, 6.45) is 0. The van der Waals surface area contributed by atoms with E-state index in [1.165, 1.54) is 5.56 Å². The predicted molar refractivity (Wildman–Crippen MR) is 107 cm³/mol. The second-order valence-corrected chi connectivity index (χ2v) is 6.16. The highest BCUT2D eigenvalue weighted by molar-refractivity contribution is 5.78. The highest BCUT2D eigenvalue weighted by Crippen LogP contribution is 2.29. The molecule has 4 nitrogen and oxygen atoms in total. The van der Waals surface area contributed by atoms with Gasteiger partial charge in [-0.2, -0.15) is 0 Å². The van der Waals surface area contributed by atoms with Crippen LogP contribution in [0.3, 0.4) is 0 Å². The molecule has 0 unspecified atom stereocenters. The van der Waals surface area contributed by atoms with Crippen LogP contribution in [0.2, 0.25) is 0 Å². The van der Waals surface area contributed by atoms with Crippen LogP contribution in [-0.4, -0.2) is 25.7 Å². The zero-order valence-electron chi connectivity index (χ0n) is 15.4.